The third-order valence-corrected chi connectivity index (χ3v) is 4.46. The van der Waals surface area contributed by atoms with Crippen LogP contribution in [0.3, 0.4) is 0 Å². The summed E-state index contributed by atoms with van der Waals surface area (Å²) in [5, 5.41) is 3.48. The van der Waals surface area contributed by atoms with Gasteiger partial charge in [-0.1, -0.05) is 37.3 Å². The molecule has 3 atom stereocenters. The Bertz CT molecular complexity index is 312. The molecular weight excluding hydrogens is 214 g/mol. The van der Waals surface area contributed by atoms with E-state index < -0.39 is 0 Å². The zero-order chi connectivity index (χ0) is 11.4. The first-order valence-corrected chi connectivity index (χ1v) is 7.32. The number of rotatable bonds is 6. The quantitative estimate of drug-likeness (QED) is 0.813. The van der Waals surface area contributed by atoms with Crippen molar-refractivity contribution in [2.24, 2.45) is 5.92 Å². The number of benzene rings is 1. The lowest BCUT2D eigenvalue weighted by Crippen LogP contribution is -2.30. The highest BCUT2D eigenvalue weighted by molar-refractivity contribution is 7.99. The first kappa shape index (κ1) is 12.0. The number of nitrogens with one attached hydrogen (secondary N) is 1. The maximum atomic E-state index is 3.48. The summed E-state index contributed by atoms with van der Waals surface area (Å²) >= 11 is 2.04. The molecule has 88 valence electrons. The Morgan fingerprint density at radius 2 is 2.12 bits per heavy atom. The Hall–Kier alpha value is -0.470. The van der Waals surface area contributed by atoms with Gasteiger partial charge in [0, 0.05) is 11.8 Å². The topological polar surface area (TPSA) is 12.0 Å². The van der Waals surface area contributed by atoms with E-state index in [1.807, 2.05) is 11.8 Å². The van der Waals surface area contributed by atoms with Crippen molar-refractivity contribution in [3.05, 3.63) is 35.9 Å². The fourth-order valence-corrected chi connectivity index (χ4v) is 3.31. The van der Waals surface area contributed by atoms with Crippen LogP contribution >= 0.6 is 11.8 Å². The van der Waals surface area contributed by atoms with Crippen LogP contribution in [0.4, 0.5) is 0 Å². The molecule has 1 fully saturated rings. The lowest BCUT2D eigenvalue weighted by atomic mass is 10.1. The minimum atomic E-state index is 0.690. The summed E-state index contributed by atoms with van der Waals surface area (Å²) in [7, 11) is 2.10. The minimum absolute atomic E-state index is 0.690. The lowest BCUT2D eigenvalue weighted by molar-refractivity contribution is 0.542. The molecule has 0 heterocycles. The second-order valence-electron chi connectivity index (χ2n) is 4.47. The average molecular weight is 235 g/mol. The van der Waals surface area contributed by atoms with Gasteiger partial charge in [-0.05, 0) is 36.6 Å². The smallest absolute Gasteiger partial charge is 0.0189 e. The predicted octanol–water partition coefficient (Wildman–Crippen LogP) is 3.13. The summed E-state index contributed by atoms with van der Waals surface area (Å²) in [6.45, 7) is 2.24. The molecule has 1 saturated carbocycles. The first-order valence-electron chi connectivity index (χ1n) is 6.16. The highest BCUT2D eigenvalue weighted by atomic mass is 32.2. The standard InChI is InChI=1S/C14H21NS/c1-3-16-10-14(15-2)13-9-12(13)11-7-5-4-6-8-11/h4-8,12-15H,3,9-10H2,1-2H3. The van der Waals surface area contributed by atoms with Crippen molar-refractivity contribution < 1.29 is 0 Å². The number of hydrogen-bond acceptors (Lipinski definition) is 2. The van der Waals surface area contributed by atoms with Crippen LogP contribution in [-0.4, -0.2) is 24.6 Å². The largest absolute Gasteiger partial charge is 0.316 e. The molecule has 0 amide bonds. The highest BCUT2D eigenvalue weighted by Crippen LogP contribution is 2.49. The zero-order valence-corrected chi connectivity index (χ0v) is 11.0. The van der Waals surface area contributed by atoms with Gasteiger partial charge in [-0.2, -0.15) is 11.8 Å². The molecule has 1 N–H and O–H groups in total. The van der Waals surface area contributed by atoms with Crippen LogP contribution in [0, 0.1) is 5.92 Å². The van der Waals surface area contributed by atoms with E-state index in [4.69, 9.17) is 0 Å². The van der Waals surface area contributed by atoms with Crippen molar-refractivity contribution in [2.75, 3.05) is 18.6 Å². The fourth-order valence-electron chi connectivity index (χ4n) is 2.41. The molecule has 0 radical (unpaired) electrons. The van der Waals surface area contributed by atoms with Crippen LogP contribution in [0.25, 0.3) is 0 Å². The van der Waals surface area contributed by atoms with Crippen LogP contribution in [0.15, 0.2) is 30.3 Å². The molecule has 1 aromatic rings. The SMILES string of the molecule is CCSCC(NC)C1CC1c1ccccc1. The Morgan fingerprint density at radius 1 is 1.38 bits per heavy atom. The lowest BCUT2D eigenvalue weighted by Gasteiger charge is -2.15. The van der Waals surface area contributed by atoms with Crippen molar-refractivity contribution >= 4 is 11.8 Å². The van der Waals surface area contributed by atoms with Crippen molar-refractivity contribution in [1.82, 2.24) is 5.32 Å². The van der Waals surface area contributed by atoms with Gasteiger partial charge in [0.15, 0.2) is 0 Å². The Morgan fingerprint density at radius 3 is 2.75 bits per heavy atom. The minimum Gasteiger partial charge on any atom is -0.316 e. The normalized spacial score (nSPS) is 25.4. The summed E-state index contributed by atoms with van der Waals surface area (Å²) in [6.07, 6.45) is 1.36. The van der Waals surface area contributed by atoms with Crippen LogP contribution in [0.2, 0.25) is 0 Å². The molecule has 1 nitrogen and oxygen atoms in total. The van der Waals surface area contributed by atoms with Crippen molar-refractivity contribution in [3.63, 3.8) is 0 Å². The Balaban J connectivity index is 1.89. The summed E-state index contributed by atoms with van der Waals surface area (Å²) in [5.41, 5.74) is 1.52. The monoisotopic (exact) mass is 235 g/mol. The van der Waals surface area contributed by atoms with Gasteiger partial charge in [0.2, 0.25) is 0 Å². The van der Waals surface area contributed by atoms with Crippen molar-refractivity contribution in [2.45, 2.75) is 25.3 Å². The third kappa shape index (κ3) is 2.80. The van der Waals surface area contributed by atoms with Gasteiger partial charge in [0.1, 0.15) is 0 Å². The average Bonchev–Trinajstić information content (AvgIpc) is 3.12. The van der Waals surface area contributed by atoms with Crippen LogP contribution in [-0.2, 0) is 0 Å². The Labute approximate surface area is 103 Å². The molecule has 0 aromatic heterocycles. The molecular formula is C14H21NS. The van der Waals surface area contributed by atoms with E-state index in [1.54, 1.807) is 0 Å². The van der Waals surface area contributed by atoms with E-state index in [0.29, 0.717) is 6.04 Å². The summed E-state index contributed by atoms with van der Waals surface area (Å²) < 4.78 is 0. The molecule has 1 aliphatic rings. The van der Waals surface area contributed by atoms with E-state index in [2.05, 4.69) is 49.6 Å². The summed E-state index contributed by atoms with van der Waals surface area (Å²) in [5.74, 6) is 4.13. The maximum Gasteiger partial charge on any atom is 0.0189 e. The van der Waals surface area contributed by atoms with E-state index in [-0.39, 0.29) is 0 Å². The van der Waals surface area contributed by atoms with Gasteiger partial charge in [0.05, 0.1) is 0 Å². The molecule has 0 bridgehead atoms. The van der Waals surface area contributed by atoms with Gasteiger partial charge in [-0.25, -0.2) is 0 Å². The third-order valence-electron chi connectivity index (χ3n) is 3.46. The van der Waals surface area contributed by atoms with Gasteiger partial charge < -0.3 is 5.32 Å². The molecule has 0 spiro atoms. The van der Waals surface area contributed by atoms with Gasteiger partial charge >= 0.3 is 0 Å². The second kappa shape index (κ2) is 5.74. The molecule has 16 heavy (non-hydrogen) atoms. The maximum absolute atomic E-state index is 3.48. The van der Waals surface area contributed by atoms with Crippen LogP contribution < -0.4 is 5.32 Å². The second-order valence-corrected chi connectivity index (χ2v) is 5.79. The number of hydrogen-bond donors (Lipinski definition) is 1. The van der Waals surface area contributed by atoms with E-state index in [9.17, 15) is 0 Å². The van der Waals surface area contributed by atoms with Gasteiger partial charge in [0.25, 0.3) is 0 Å². The molecule has 2 rings (SSSR count). The van der Waals surface area contributed by atoms with Crippen LogP contribution in [0.5, 0.6) is 0 Å². The van der Waals surface area contributed by atoms with Gasteiger partial charge in [-0.3, -0.25) is 0 Å². The molecule has 1 aliphatic carbocycles. The summed E-state index contributed by atoms with van der Waals surface area (Å²) in [6, 6.07) is 11.6. The van der Waals surface area contributed by atoms with Crippen molar-refractivity contribution in [1.29, 1.82) is 0 Å². The predicted molar refractivity (Wildman–Crippen MR) is 73.1 cm³/mol. The van der Waals surface area contributed by atoms with Gasteiger partial charge in [-0.15, -0.1) is 0 Å². The van der Waals surface area contributed by atoms with Crippen LogP contribution in [0.1, 0.15) is 24.8 Å². The van der Waals surface area contributed by atoms with E-state index in [1.165, 1.54) is 23.5 Å². The molecule has 2 heteroatoms. The number of thioether (sulfide) groups is 1. The zero-order valence-electron chi connectivity index (χ0n) is 10.1. The fraction of sp³-hybridized carbons (Fsp3) is 0.571. The Kier molecular flexibility index (Phi) is 4.30. The summed E-state index contributed by atoms with van der Waals surface area (Å²) in [4.78, 5) is 0. The highest BCUT2D eigenvalue weighted by Gasteiger charge is 2.42. The molecule has 1 aromatic carbocycles. The van der Waals surface area contributed by atoms with E-state index >= 15 is 0 Å². The molecule has 3 unspecified atom stereocenters. The molecule has 0 aliphatic heterocycles. The van der Waals surface area contributed by atoms with Crippen molar-refractivity contribution in [3.8, 4) is 0 Å². The van der Waals surface area contributed by atoms with E-state index in [0.717, 1.165) is 11.8 Å². The molecule has 0 saturated heterocycles. The first-order chi connectivity index (χ1) is 7.86.